The number of esters is 1. The van der Waals surface area contributed by atoms with Gasteiger partial charge in [0.25, 0.3) is 0 Å². The lowest BCUT2D eigenvalue weighted by Gasteiger charge is -2.45. The Hall–Kier alpha value is -3.54. The predicted molar refractivity (Wildman–Crippen MR) is 187 cm³/mol. The number of hydrogen-bond acceptors (Lipinski definition) is 8. The number of benzene rings is 1. The number of ether oxygens (including phenoxy) is 3. The van der Waals surface area contributed by atoms with Crippen molar-refractivity contribution in [1.82, 2.24) is 15.1 Å². The Balaban J connectivity index is 1.65. The Bertz CT molecular complexity index is 1480. The summed E-state index contributed by atoms with van der Waals surface area (Å²) in [5.41, 5.74) is -1.54. The van der Waals surface area contributed by atoms with Crippen LogP contribution in [0.1, 0.15) is 79.4 Å². The molecule has 50 heavy (non-hydrogen) atoms. The molecule has 274 valence electrons. The molecule has 2 N–H and O–H groups in total. The summed E-state index contributed by atoms with van der Waals surface area (Å²) in [6.45, 7) is 14.3. The van der Waals surface area contributed by atoms with Gasteiger partial charge < -0.3 is 34.4 Å². The molecule has 11 heteroatoms. The molecule has 5 rings (SSSR count). The molecular weight excluding hydrogens is 638 g/mol. The summed E-state index contributed by atoms with van der Waals surface area (Å²) in [7, 11) is 1.51. The van der Waals surface area contributed by atoms with Gasteiger partial charge in [-0.3, -0.25) is 19.2 Å². The number of nitrogens with one attached hydrogen (secondary N) is 1. The third-order valence-electron chi connectivity index (χ3n) is 10.5. The maximum atomic E-state index is 15.0. The predicted octanol–water partition coefficient (Wildman–Crippen LogP) is 3.96. The van der Waals surface area contributed by atoms with Gasteiger partial charge in [-0.05, 0) is 43.6 Å². The van der Waals surface area contributed by atoms with E-state index in [9.17, 15) is 19.5 Å². The fourth-order valence-corrected chi connectivity index (χ4v) is 8.74. The molecule has 0 saturated carbocycles. The molecule has 0 bridgehead atoms. The van der Waals surface area contributed by atoms with Crippen LogP contribution in [0.25, 0.3) is 0 Å². The number of fused-ring (bicyclic) bond motifs is 2. The van der Waals surface area contributed by atoms with Crippen LogP contribution in [0.4, 0.5) is 0 Å². The first kappa shape index (κ1) is 37.7. The lowest BCUT2D eigenvalue weighted by atomic mass is 9.77. The number of allylic oxidation sites excluding steroid dienone is 1. The fourth-order valence-electron chi connectivity index (χ4n) is 8.74. The van der Waals surface area contributed by atoms with Crippen molar-refractivity contribution in [3.63, 3.8) is 0 Å². The molecular formula is C39H55N3O8. The highest BCUT2D eigenvalue weighted by molar-refractivity contribution is 5.99. The minimum atomic E-state index is -1.51. The fraction of sp³-hybridized carbons (Fsp3) is 0.641. The molecule has 0 aliphatic carbocycles. The van der Waals surface area contributed by atoms with E-state index in [1.807, 2.05) is 69.0 Å². The number of aliphatic hydroxyl groups excluding tert-OH is 1. The summed E-state index contributed by atoms with van der Waals surface area (Å²) in [6.07, 6.45) is 6.58. The molecule has 1 aromatic rings. The minimum absolute atomic E-state index is 0.0746. The van der Waals surface area contributed by atoms with Gasteiger partial charge in [-0.1, -0.05) is 89.3 Å². The van der Waals surface area contributed by atoms with E-state index in [2.05, 4.69) is 26.1 Å². The Morgan fingerprint density at radius 2 is 1.74 bits per heavy atom. The summed E-state index contributed by atoms with van der Waals surface area (Å²) in [4.78, 5) is 61.0. The second-order valence-corrected chi connectivity index (χ2v) is 16.3. The van der Waals surface area contributed by atoms with Crippen molar-refractivity contribution in [3.05, 3.63) is 60.2 Å². The molecule has 2 fully saturated rings. The third kappa shape index (κ3) is 7.14. The average molecular weight is 694 g/mol. The molecule has 3 amide bonds. The number of aliphatic hydroxyl groups is 1. The number of nitrogens with zero attached hydrogens (tertiary/aromatic N) is 2. The standard InChI is InChI=1S/C39H55N3O8/c1-24(2)27(21-43)42-33-35(46)41(38(6,7)23-37(3,4)5)20-14-19-39(33)31(34(42)45)30-28(50-39)17-12-13-18-29(44)40-26(22-48-8)32(49-36(30)47)25-15-10-9-11-16-25/h9-12,14-17,19,24,26-28,30-33,43H,13,18,20-23H2,1-8H3,(H,40,44)/b17-12-/t26-,27+,28-,30+,31+,32-,33-,39+/m1/s1. The minimum Gasteiger partial charge on any atom is -0.455 e. The highest BCUT2D eigenvalue weighted by atomic mass is 16.6. The van der Waals surface area contributed by atoms with Crippen LogP contribution in [0.5, 0.6) is 0 Å². The van der Waals surface area contributed by atoms with Crippen molar-refractivity contribution in [2.24, 2.45) is 23.2 Å². The number of carbonyl (C=O) groups is 4. The summed E-state index contributed by atoms with van der Waals surface area (Å²) >= 11 is 0. The third-order valence-corrected chi connectivity index (χ3v) is 10.5. The summed E-state index contributed by atoms with van der Waals surface area (Å²) < 4.78 is 18.7. The smallest absolute Gasteiger partial charge is 0.313 e. The van der Waals surface area contributed by atoms with E-state index in [0.717, 1.165) is 0 Å². The molecule has 0 aromatic heterocycles. The van der Waals surface area contributed by atoms with Crippen LogP contribution in [0.3, 0.4) is 0 Å². The van der Waals surface area contributed by atoms with Gasteiger partial charge in [0.1, 0.15) is 23.7 Å². The molecule has 2 saturated heterocycles. The highest BCUT2D eigenvalue weighted by Crippen LogP contribution is 2.54. The van der Waals surface area contributed by atoms with Gasteiger partial charge in [0, 0.05) is 25.6 Å². The van der Waals surface area contributed by atoms with E-state index in [-0.39, 0.29) is 42.8 Å². The molecule has 1 spiro atoms. The van der Waals surface area contributed by atoms with E-state index in [1.54, 1.807) is 18.2 Å². The Labute approximate surface area is 296 Å². The SMILES string of the molecule is COC[C@H]1NC(=O)CC/C=C\[C@H]2O[C@]34C=CCN(C(C)(C)CC(C)(C)C)C(=O)[C@H]3N([C@@H](CO)C(C)C)C(=O)[C@@H]4[C@H]2C(=O)O[C@@H]1c1ccccc1. The zero-order valence-corrected chi connectivity index (χ0v) is 30.8. The van der Waals surface area contributed by atoms with Crippen molar-refractivity contribution in [2.45, 2.75) is 109 Å². The number of carbonyl (C=O) groups excluding carboxylic acids is 4. The van der Waals surface area contributed by atoms with Crippen molar-refractivity contribution in [2.75, 3.05) is 26.9 Å². The first-order valence-corrected chi connectivity index (χ1v) is 17.9. The first-order valence-electron chi connectivity index (χ1n) is 17.9. The topological polar surface area (TPSA) is 135 Å². The quantitative estimate of drug-likeness (QED) is 0.309. The normalized spacial score (nSPS) is 32.0. The molecule has 4 heterocycles. The van der Waals surface area contributed by atoms with E-state index < -0.39 is 65.2 Å². The number of hydrogen-bond donors (Lipinski definition) is 2. The van der Waals surface area contributed by atoms with Gasteiger partial charge in [0.05, 0.1) is 37.3 Å². The molecule has 1 aromatic carbocycles. The van der Waals surface area contributed by atoms with Gasteiger partial charge in [-0.2, -0.15) is 0 Å². The monoisotopic (exact) mass is 693 g/mol. The average Bonchev–Trinajstić information content (AvgIpc) is 3.41. The van der Waals surface area contributed by atoms with Gasteiger partial charge in [-0.25, -0.2) is 0 Å². The lowest BCUT2D eigenvalue weighted by Crippen LogP contribution is -2.62. The Morgan fingerprint density at radius 1 is 1.04 bits per heavy atom. The molecule has 0 radical (unpaired) electrons. The van der Waals surface area contributed by atoms with Gasteiger partial charge in [0.2, 0.25) is 17.7 Å². The number of rotatable bonds is 8. The van der Waals surface area contributed by atoms with Gasteiger partial charge in [-0.15, -0.1) is 0 Å². The zero-order valence-electron chi connectivity index (χ0n) is 30.8. The number of methoxy groups -OCH3 is 1. The Morgan fingerprint density at radius 3 is 2.36 bits per heavy atom. The van der Waals surface area contributed by atoms with Crippen LogP contribution in [0.2, 0.25) is 0 Å². The number of cyclic esters (lactones) is 1. The van der Waals surface area contributed by atoms with E-state index in [0.29, 0.717) is 24.9 Å². The zero-order chi connectivity index (χ0) is 36.6. The molecule has 11 nitrogen and oxygen atoms in total. The Kier molecular flexibility index (Phi) is 11.0. The van der Waals surface area contributed by atoms with Crippen LogP contribution in [0.15, 0.2) is 54.6 Å². The highest BCUT2D eigenvalue weighted by Gasteiger charge is 2.73. The molecule has 4 aliphatic heterocycles. The van der Waals surface area contributed by atoms with Crippen molar-refractivity contribution in [3.8, 4) is 0 Å². The lowest BCUT2D eigenvalue weighted by molar-refractivity contribution is -0.163. The van der Waals surface area contributed by atoms with Crippen molar-refractivity contribution in [1.29, 1.82) is 0 Å². The van der Waals surface area contributed by atoms with Crippen LogP contribution in [-0.2, 0) is 33.4 Å². The molecule has 8 atom stereocenters. The second kappa shape index (κ2) is 14.6. The summed E-state index contributed by atoms with van der Waals surface area (Å²) in [5, 5.41) is 13.7. The molecule has 4 aliphatic rings. The largest absolute Gasteiger partial charge is 0.455 e. The maximum absolute atomic E-state index is 15.0. The molecule has 0 unspecified atom stereocenters. The van der Waals surface area contributed by atoms with Crippen LogP contribution in [0, 0.1) is 23.2 Å². The van der Waals surface area contributed by atoms with Gasteiger partial charge >= 0.3 is 5.97 Å². The second-order valence-electron chi connectivity index (χ2n) is 16.3. The van der Waals surface area contributed by atoms with Crippen molar-refractivity contribution < 1.29 is 38.5 Å². The van der Waals surface area contributed by atoms with Crippen molar-refractivity contribution >= 4 is 23.7 Å². The first-order chi connectivity index (χ1) is 23.6. The van der Waals surface area contributed by atoms with Crippen LogP contribution < -0.4 is 5.32 Å². The van der Waals surface area contributed by atoms with Crippen LogP contribution in [-0.4, -0.2) is 101 Å². The van der Waals surface area contributed by atoms with Gasteiger partial charge in [0.15, 0.2) is 0 Å². The van der Waals surface area contributed by atoms with E-state index in [1.165, 1.54) is 12.0 Å². The van der Waals surface area contributed by atoms with E-state index >= 15 is 4.79 Å². The summed E-state index contributed by atoms with van der Waals surface area (Å²) in [5.74, 6) is -4.04. The maximum Gasteiger partial charge on any atom is 0.313 e. The number of amides is 3. The summed E-state index contributed by atoms with van der Waals surface area (Å²) in [6, 6.07) is 6.59. The number of likely N-dealkylation sites (tertiary alicyclic amines) is 1. The van der Waals surface area contributed by atoms with Crippen LogP contribution >= 0.6 is 0 Å². The van der Waals surface area contributed by atoms with E-state index in [4.69, 9.17) is 14.2 Å².